The summed E-state index contributed by atoms with van der Waals surface area (Å²) >= 11 is 0. The Kier molecular flexibility index (Phi) is 2.50. The zero-order valence-corrected chi connectivity index (χ0v) is 5.16. The Morgan fingerprint density at radius 1 is 1.67 bits per heavy atom. The number of hydrogen-bond donors (Lipinski definition) is 3. The highest BCUT2D eigenvalue weighted by molar-refractivity contribution is 5.73. The third kappa shape index (κ3) is 3.33. The van der Waals surface area contributed by atoms with Gasteiger partial charge in [0.05, 0.1) is 7.05 Å². The van der Waals surface area contributed by atoms with Crippen molar-refractivity contribution < 1.29 is 14.5 Å². The van der Waals surface area contributed by atoms with Crippen LogP contribution in [0.3, 0.4) is 0 Å². The van der Waals surface area contributed by atoms with Gasteiger partial charge < -0.3 is 5.11 Å². The molecule has 52 valence electrons. The predicted molar refractivity (Wildman–Crippen MR) is 32.1 cm³/mol. The lowest BCUT2D eigenvalue weighted by atomic mass is 10.6. The van der Waals surface area contributed by atoms with E-state index in [0.717, 1.165) is 0 Å². The van der Waals surface area contributed by atoms with Crippen molar-refractivity contribution >= 4 is 11.9 Å². The van der Waals surface area contributed by atoms with E-state index in [2.05, 4.69) is 0 Å². The van der Waals surface area contributed by atoms with E-state index in [1.165, 1.54) is 11.6 Å². The molecule has 0 aromatic heterocycles. The van der Waals surface area contributed by atoms with E-state index in [9.17, 15) is 4.79 Å². The van der Waals surface area contributed by atoms with Crippen LogP contribution in [-0.2, 0) is 4.79 Å². The van der Waals surface area contributed by atoms with Crippen molar-refractivity contribution in [1.82, 2.24) is 0 Å². The predicted octanol–water partition coefficient (Wildman–Crippen LogP) is -2.01. The van der Waals surface area contributed by atoms with Crippen LogP contribution in [0.5, 0.6) is 0 Å². The second-order valence-electron chi connectivity index (χ2n) is 1.67. The minimum absolute atomic E-state index is 0.0115. The van der Waals surface area contributed by atoms with Crippen LogP contribution in [0.4, 0.5) is 0 Å². The van der Waals surface area contributed by atoms with E-state index < -0.39 is 5.97 Å². The van der Waals surface area contributed by atoms with E-state index in [1.54, 1.807) is 0 Å². The number of aliphatic carboxylic acids is 1. The van der Waals surface area contributed by atoms with Crippen molar-refractivity contribution in [3.05, 3.63) is 0 Å². The molecule has 0 saturated heterocycles. The Labute approximate surface area is 52.6 Å². The molecule has 5 N–H and O–H groups in total. The van der Waals surface area contributed by atoms with Crippen molar-refractivity contribution in [3.8, 4) is 0 Å². The summed E-state index contributed by atoms with van der Waals surface area (Å²) in [6, 6.07) is 0. The second-order valence-corrected chi connectivity index (χ2v) is 1.67. The van der Waals surface area contributed by atoms with Gasteiger partial charge in [0.15, 0.2) is 6.54 Å². The first-order valence-electron chi connectivity index (χ1n) is 2.35. The van der Waals surface area contributed by atoms with Gasteiger partial charge >= 0.3 is 11.9 Å². The zero-order chi connectivity index (χ0) is 7.44. The highest BCUT2D eigenvalue weighted by atomic mass is 16.4. The number of guanidine groups is 1. The van der Waals surface area contributed by atoms with Gasteiger partial charge in [-0.05, 0) is 0 Å². The number of carbonyl (C=O) groups is 1. The van der Waals surface area contributed by atoms with Gasteiger partial charge in [-0.2, -0.15) is 0 Å². The van der Waals surface area contributed by atoms with Gasteiger partial charge in [-0.1, -0.05) is 0 Å². The lowest BCUT2D eigenvalue weighted by Crippen LogP contribution is -2.36. The van der Waals surface area contributed by atoms with Crippen LogP contribution in [0.1, 0.15) is 0 Å². The molecule has 0 aliphatic rings. The lowest BCUT2D eigenvalue weighted by Gasteiger charge is -1.95. The molecule has 0 rings (SSSR count). The Morgan fingerprint density at radius 2 is 2.11 bits per heavy atom. The smallest absolute Gasteiger partial charge is 0.341 e. The first-order chi connectivity index (χ1) is 4.04. The summed E-state index contributed by atoms with van der Waals surface area (Å²) < 4.78 is 1.24. The number of carboxylic acids is 1. The molecular weight excluding hydrogens is 122 g/mol. The van der Waals surface area contributed by atoms with Gasteiger partial charge in [-0.3, -0.25) is 16.0 Å². The average molecular weight is 132 g/mol. The molecule has 0 aromatic rings. The molecule has 9 heavy (non-hydrogen) atoms. The first-order valence-corrected chi connectivity index (χ1v) is 2.35. The molecule has 0 spiro atoms. The van der Waals surface area contributed by atoms with Gasteiger partial charge in [0.2, 0.25) is 0 Å². The number of nitrogens with two attached hydrogens (primary N) is 2. The van der Waals surface area contributed by atoms with Crippen LogP contribution in [0, 0.1) is 0 Å². The van der Waals surface area contributed by atoms with Crippen LogP contribution in [0.15, 0.2) is 0 Å². The molecule has 0 radical (unpaired) electrons. The third-order valence-electron chi connectivity index (χ3n) is 0.813. The van der Waals surface area contributed by atoms with Crippen molar-refractivity contribution in [2.45, 2.75) is 0 Å². The molecule has 0 aliphatic carbocycles. The zero-order valence-electron chi connectivity index (χ0n) is 5.16. The van der Waals surface area contributed by atoms with Crippen molar-refractivity contribution in [2.75, 3.05) is 13.6 Å². The molecule has 0 aliphatic heterocycles. The van der Waals surface area contributed by atoms with Crippen LogP contribution < -0.4 is 11.5 Å². The summed E-state index contributed by atoms with van der Waals surface area (Å²) in [5.41, 5.74) is 10.1. The highest BCUT2D eigenvalue weighted by Gasteiger charge is 2.01. The van der Waals surface area contributed by atoms with Gasteiger partial charge in [-0.15, -0.1) is 0 Å². The quantitative estimate of drug-likeness (QED) is 0.230. The molecule has 5 nitrogen and oxygen atoms in total. The molecule has 0 unspecified atom stereocenters. The fourth-order valence-electron chi connectivity index (χ4n) is 0.294. The topological polar surface area (TPSA) is 92.3 Å². The molecule has 0 heterocycles. The molecule has 0 bridgehead atoms. The maximum Gasteiger partial charge on any atom is 0.341 e. The number of carboxylic acid groups (broad SMARTS) is 1. The SMILES string of the molecule is C[N+](CC(=O)O)=C(N)N. The standard InChI is InChI=1S/C4H9N3O2/c1-7(4(5)6)2-3(8)9/h2H2,1H3,(H4,5,6,8,9)/p+1. The van der Waals surface area contributed by atoms with Crippen LogP contribution in [0.2, 0.25) is 0 Å². The summed E-state index contributed by atoms with van der Waals surface area (Å²) in [5.74, 6) is -0.941. The minimum Gasteiger partial charge on any atom is -0.479 e. The van der Waals surface area contributed by atoms with Crippen LogP contribution >= 0.6 is 0 Å². The summed E-state index contributed by atoms with van der Waals surface area (Å²) in [5, 5.41) is 8.17. The molecule has 0 amide bonds. The van der Waals surface area contributed by atoms with Gasteiger partial charge in [0.1, 0.15) is 0 Å². The molecular formula is C4H10N3O2+. The number of nitrogens with zero attached hydrogens (tertiary/aromatic N) is 1. The van der Waals surface area contributed by atoms with Gasteiger partial charge in [0.25, 0.3) is 0 Å². The van der Waals surface area contributed by atoms with Crippen LogP contribution in [0.25, 0.3) is 0 Å². The molecule has 0 saturated carbocycles. The van der Waals surface area contributed by atoms with E-state index >= 15 is 0 Å². The molecule has 0 fully saturated rings. The van der Waals surface area contributed by atoms with Gasteiger partial charge in [0, 0.05) is 0 Å². The average Bonchev–Trinajstić information content (AvgIpc) is 1.63. The number of likely N-dealkylation sites (N-methyl/N-ethyl adjacent to an activating group) is 1. The number of hydrogen-bond acceptors (Lipinski definition) is 1. The Balaban J connectivity index is 3.92. The summed E-state index contributed by atoms with van der Waals surface area (Å²) in [6.07, 6.45) is 0. The summed E-state index contributed by atoms with van der Waals surface area (Å²) in [7, 11) is 1.50. The van der Waals surface area contributed by atoms with E-state index in [0.29, 0.717) is 0 Å². The highest BCUT2D eigenvalue weighted by Crippen LogP contribution is 1.65. The summed E-state index contributed by atoms with van der Waals surface area (Å²) in [4.78, 5) is 9.95. The van der Waals surface area contributed by atoms with Crippen molar-refractivity contribution in [3.63, 3.8) is 0 Å². The van der Waals surface area contributed by atoms with Crippen molar-refractivity contribution in [1.29, 1.82) is 0 Å². The first kappa shape index (κ1) is 7.74. The van der Waals surface area contributed by atoms with E-state index in [4.69, 9.17) is 16.6 Å². The number of rotatable bonds is 2. The second kappa shape index (κ2) is 2.91. The monoisotopic (exact) mass is 132 g/mol. The summed E-state index contributed by atoms with van der Waals surface area (Å²) in [6.45, 7) is -0.164. The molecule has 0 atom stereocenters. The Bertz CT molecular complexity index is 148. The van der Waals surface area contributed by atoms with E-state index in [1.807, 2.05) is 0 Å². The third-order valence-corrected chi connectivity index (χ3v) is 0.813. The Hall–Kier alpha value is -1.26. The molecule has 0 aromatic carbocycles. The largest absolute Gasteiger partial charge is 0.479 e. The van der Waals surface area contributed by atoms with Crippen molar-refractivity contribution in [2.24, 2.45) is 11.5 Å². The maximum atomic E-state index is 9.95. The van der Waals surface area contributed by atoms with Gasteiger partial charge in [-0.25, -0.2) is 4.79 Å². The minimum atomic E-state index is -0.953. The lowest BCUT2D eigenvalue weighted by molar-refractivity contribution is -0.489. The maximum absolute atomic E-state index is 9.95. The van der Waals surface area contributed by atoms with E-state index in [-0.39, 0.29) is 12.5 Å². The van der Waals surface area contributed by atoms with Crippen LogP contribution in [-0.4, -0.2) is 35.2 Å². The molecule has 5 heteroatoms. The fraction of sp³-hybridized carbons (Fsp3) is 0.500. The fourth-order valence-corrected chi connectivity index (χ4v) is 0.294. The Morgan fingerprint density at radius 3 is 2.22 bits per heavy atom. The normalized spacial score (nSPS) is 8.56.